The largest absolute Gasteiger partial charge is 0.374 e. The van der Waals surface area contributed by atoms with Gasteiger partial charge in [0.1, 0.15) is 5.82 Å². The van der Waals surface area contributed by atoms with Gasteiger partial charge < -0.3 is 10.5 Å². The molecule has 0 radical (unpaired) electrons. The van der Waals surface area contributed by atoms with Crippen LogP contribution in [0.25, 0.3) is 21.7 Å². The molecule has 1 heterocycles. The Labute approximate surface area is 122 Å². The van der Waals surface area contributed by atoms with Gasteiger partial charge in [0.15, 0.2) is 0 Å². The summed E-state index contributed by atoms with van der Waals surface area (Å²) in [5.41, 5.74) is 16.6. The molecule has 0 aliphatic heterocycles. The molecule has 0 aliphatic carbocycles. The Kier molecular flexibility index (Phi) is 4.71. The Balaban J connectivity index is 2.69. The highest BCUT2D eigenvalue weighted by molar-refractivity contribution is 5.69. The third-order valence-electron chi connectivity index (χ3n) is 2.95. The lowest BCUT2D eigenvalue weighted by Gasteiger charge is -2.18. The molecule has 1 aromatic carbocycles. The van der Waals surface area contributed by atoms with Crippen LogP contribution in [0.5, 0.6) is 0 Å². The number of hydrogen-bond donors (Lipinski definition) is 1. The van der Waals surface area contributed by atoms with Crippen molar-refractivity contribution in [3.8, 4) is 11.3 Å². The highest BCUT2D eigenvalue weighted by Crippen LogP contribution is 2.35. The van der Waals surface area contributed by atoms with Crippen LogP contribution in [0.1, 0.15) is 25.5 Å². The smallest absolute Gasteiger partial charge is 0.220 e. The van der Waals surface area contributed by atoms with Crippen molar-refractivity contribution >= 4 is 11.8 Å². The Bertz CT molecular complexity index is 667. The van der Waals surface area contributed by atoms with Gasteiger partial charge in [-0.15, -0.1) is 0 Å². The summed E-state index contributed by atoms with van der Waals surface area (Å²) < 4.78 is 5.61. The Morgan fingerprint density at radius 3 is 2.67 bits per heavy atom. The molecule has 2 aromatic rings. The van der Waals surface area contributed by atoms with Crippen LogP contribution in [0.3, 0.4) is 0 Å². The van der Waals surface area contributed by atoms with Gasteiger partial charge >= 0.3 is 0 Å². The number of hydrogen-bond acceptors (Lipinski definition) is 5. The van der Waals surface area contributed by atoms with E-state index in [0.29, 0.717) is 17.9 Å². The second-order valence-electron chi connectivity index (χ2n) is 4.32. The van der Waals surface area contributed by atoms with Crippen molar-refractivity contribution in [2.75, 3.05) is 12.3 Å². The van der Waals surface area contributed by atoms with Gasteiger partial charge in [0, 0.05) is 22.6 Å². The molecule has 0 amide bonds. The molecule has 21 heavy (non-hydrogen) atoms. The van der Waals surface area contributed by atoms with Crippen LogP contribution in [0, 0.1) is 0 Å². The molecule has 2 N–H and O–H groups in total. The molecular formula is C14H16N6O. The number of azide groups is 1. The van der Waals surface area contributed by atoms with Crippen molar-refractivity contribution in [1.29, 1.82) is 0 Å². The standard InChI is InChI=1S/C14H16N6O/c1-3-21-9(2)11-12(10-7-5-4-6-8-10)17-14(15)18-13(11)19-20-16/h4-9H,3H2,1-2H3,(H2,15,17,18). The monoisotopic (exact) mass is 284 g/mol. The predicted molar refractivity (Wildman–Crippen MR) is 80.7 cm³/mol. The number of nitrogens with zero attached hydrogens (tertiary/aromatic N) is 5. The van der Waals surface area contributed by atoms with E-state index in [1.165, 1.54) is 0 Å². The van der Waals surface area contributed by atoms with Crippen LogP contribution in [-0.2, 0) is 4.74 Å². The van der Waals surface area contributed by atoms with Crippen molar-refractivity contribution in [1.82, 2.24) is 9.97 Å². The maximum atomic E-state index is 8.72. The summed E-state index contributed by atoms with van der Waals surface area (Å²) in [6.45, 7) is 4.28. The molecule has 7 nitrogen and oxygen atoms in total. The number of aromatic nitrogens is 2. The third kappa shape index (κ3) is 3.28. The van der Waals surface area contributed by atoms with Crippen LogP contribution in [0.2, 0.25) is 0 Å². The summed E-state index contributed by atoms with van der Waals surface area (Å²) in [5, 5.41) is 3.63. The van der Waals surface area contributed by atoms with Gasteiger partial charge in [-0.3, -0.25) is 0 Å². The fraction of sp³-hybridized carbons (Fsp3) is 0.286. The molecule has 1 atom stereocenters. The van der Waals surface area contributed by atoms with Crippen LogP contribution >= 0.6 is 0 Å². The van der Waals surface area contributed by atoms with Gasteiger partial charge in [-0.25, -0.2) is 9.97 Å². The normalized spacial score (nSPS) is 11.7. The van der Waals surface area contributed by atoms with E-state index in [2.05, 4.69) is 20.0 Å². The zero-order chi connectivity index (χ0) is 15.2. The zero-order valence-corrected chi connectivity index (χ0v) is 11.9. The van der Waals surface area contributed by atoms with Crippen LogP contribution in [0.4, 0.5) is 11.8 Å². The van der Waals surface area contributed by atoms with Crippen LogP contribution in [0.15, 0.2) is 35.4 Å². The van der Waals surface area contributed by atoms with Gasteiger partial charge in [-0.1, -0.05) is 30.3 Å². The lowest BCUT2D eigenvalue weighted by Crippen LogP contribution is -2.07. The minimum Gasteiger partial charge on any atom is -0.374 e. The minimum atomic E-state index is -0.314. The Hall–Kier alpha value is -2.63. The van der Waals surface area contributed by atoms with E-state index >= 15 is 0 Å². The van der Waals surface area contributed by atoms with Crippen LogP contribution in [-0.4, -0.2) is 16.6 Å². The van der Waals surface area contributed by atoms with Crippen molar-refractivity contribution in [2.24, 2.45) is 5.11 Å². The summed E-state index contributed by atoms with van der Waals surface area (Å²) >= 11 is 0. The number of rotatable bonds is 5. The van der Waals surface area contributed by atoms with Gasteiger partial charge in [0.25, 0.3) is 0 Å². The average Bonchev–Trinajstić information content (AvgIpc) is 2.48. The second-order valence-corrected chi connectivity index (χ2v) is 4.32. The van der Waals surface area contributed by atoms with E-state index in [-0.39, 0.29) is 17.9 Å². The van der Waals surface area contributed by atoms with Gasteiger partial charge in [0.2, 0.25) is 5.95 Å². The molecule has 1 aromatic heterocycles. The van der Waals surface area contributed by atoms with E-state index in [1.54, 1.807) is 0 Å². The van der Waals surface area contributed by atoms with E-state index in [9.17, 15) is 0 Å². The van der Waals surface area contributed by atoms with E-state index < -0.39 is 0 Å². The maximum Gasteiger partial charge on any atom is 0.220 e. The first-order valence-corrected chi connectivity index (χ1v) is 6.56. The summed E-state index contributed by atoms with van der Waals surface area (Å²) in [6.07, 6.45) is -0.314. The quantitative estimate of drug-likeness (QED) is 0.511. The van der Waals surface area contributed by atoms with E-state index in [0.717, 1.165) is 5.56 Å². The molecule has 2 rings (SSSR count). The Morgan fingerprint density at radius 1 is 1.33 bits per heavy atom. The summed E-state index contributed by atoms with van der Waals surface area (Å²) in [6, 6.07) is 9.52. The van der Waals surface area contributed by atoms with E-state index in [4.69, 9.17) is 16.0 Å². The molecule has 0 spiro atoms. The highest BCUT2D eigenvalue weighted by Gasteiger charge is 2.20. The lowest BCUT2D eigenvalue weighted by atomic mass is 10.0. The van der Waals surface area contributed by atoms with Gasteiger partial charge in [-0.05, 0) is 24.5 Å². The first-order chi connectivity index (χ1) is 10.2. The lowest BCUT2D eigenvalue weighted by molar-refractivity contribution is 0.0768. The number of benzene rings is 1. The van der Waals surface area contributed by atoms with Crippen LogP contribution < -0.4 is 5.73 Å². The van der Waals surface area contributed by atoms with Crippen molar-refractivity contribution in [2.45, 2.75) is 20.0 Å². The molecule has 7 heteroatoms. The number of anilines is 1. The highest BCUT2D eigenvalue weighted by atomic mass is 16.5. The molecule has 0 aliphatic rings. The fourth-order valence-electron chi connectivity index (χ4n) is 2.12. The number of nitrogen functional groups attached to an aromatic ring is 1. The van der Waals surface area contributed by atoms with Crippen molar-refractivity contribution in [3.63, 3.8) is 0 Å². The molecule has 108 valence electrons. The molecule has 0 saturated heterocycles. The van der Waals surface area contributed by atoms with Crippen molar-refractivity contribution in [3.05, 3.63) is 46.3 Å². The molecule has 1 unspecified atom stereocenters. The molecule has 0 fully saturated rings. The summed E-state index contributed by atoms with van der Waals surface area (Å²) in [7, 11) is 0. The SMILES string of the molecule is CCOC(C)c1c(N=[N+]=[N-])nc(N)nc1-c1ccccc1. The molecular weight excluding hydrogens is 268 g/mol. The van der Waals surface area contributed by atoms with Crippen molar-refractivity contribution < 1.29 is 4.74 Å². The molecule has 0 bridgehead atoms. The minimum absolute atomic E-state index is 0.0590. The molecule has 0 saturated carbocycles. The number of ether oxygens (including phenoxy) is 1. The average molecular weight is 284 g/mol. The summed E-state index contributed by atoms with van der Waals surface area (Å²) in [5.74, 6) is 0.258. The predicted octanol–water partition coefficient (Wildman–Crippen LogP) is 3.77. The first-order valence-electron chi connectivity index (χ1n) is 6.56. The maximum absolute atomic E-state index is 8.72. The third-order valence-corrected chi connectivity index (χ3v) is 2.95. The topological polar surface area (TPSA) is 110 Å². The number of nitrogens with two attached hydrogens (primary N) is 1. The van der Waals surface area contributed by atoms with Gasteiger partial charge in [0.05, 0.1) is 11.8 Å². The zero-order valence-electron chi connectivity index (χ0n) is 11.9. The van der Waals surface area contributed by atoms with E-state index in [1.807, 2.05) is 44.2 Å². The summed E-state index contributed by atoms with van der Waals surface area (Å²) in [4.78, 5) is 11.1. The second kappa shape index (κ2) is 6.69. The van der Waals surface area contributed by atoms with Gasteiger partial charge in [-0.2, -0.15) is 0 Å². The first kappa shape index (κ1) is 14.8. The fourth-order valence-corrected chi connectivity index (χ4v) is 2.12. The Morgan fingerprint density at radius 2 is 2.05 bits per heavy atom.